The van der Waals surface area contributed by atoms with Crippen LogP contribution in [0.25, 0.3) is 0 Å². The third-order valence-corrected chi connectivity index (χ3v) is 2.05. The molecule has 6 nitrogen and oxygen atoms in total. The van der Waals surface area contributed by atoms with E-state index in [9.17, 15) is 14.7 Å². The largest absolute Gasteiger partial charge is 0.459 e. The lowest BCUT2D eigenvalue weighted by molar-refractivity contribution is -0.155. The first-order valence-corrected chi connectivity index (χ1v) is 5.99. The van der Waals surface area contributed by atoms with Gasteiger partial charge in [-0.1, -0.05) is 0 Å². The van der Waals surface area contributed by atoms with E-state index in [0.29, 0.717) is 5.57 Å². The first kappa shape index (κ1) is 17.6. The molecule has 0 aliphatic heterocycles. The topological polar surface area (TPSA) is 95.9 Å². The van der Waals surface area contributed by atoms with E-state index >= 15 is 0 Å². The number of rotatable bonds is 5. The third kappa shape index (κ3) is 7.58. The highest BCUT2D eigenvalue weighted by Crippen LogP contribution is 2.10. The molecule has 0 saturated heterocycles. The maximum absolute atomic E-state index is 11.7. The first-order valence-electron chi connectivity index (χ1n) is 5.99. The first-order chi connectivity index (χ1) is 8.48. The molecule has 110 valence electrons. The third-order valence-electron chi connectivity index (χ3n) is 2.05. The summed E-state index contributed by atoms with van der Waals surface area (Å²) in [6.07, 6.45) is 1.23. The molecule has 3 N–H and O–H groups in total. The molecule has 0 aliphatic carbocycles. The van der Waals surface area contributed by atoms with Gasteiger partial charge in [-0.3, -0.25) is 9.59 Å². The fraction of sp³-hybridized carbons (Fsp3) is 0.692. The molecular formula is C13H23NO5. The molecule has 0 spiro atoms. The molecule has 19 heavy (non-hydrogen) atoms. The van der Waals surface area contributed by atoms with Crippen molar-refractivity contribution in [2.45, 2.75) is 45.8 Å². The maximum atomic E-state index is 11.7. The second-order valence-electron chi connectivity index (χ2n) is 5.57. The predicted octanol–water partition coefficient (Wildman–Crippen LogP) is 0.134. The van der Waals surface area contributed by atoms with Crippen LogP contribution in [0, 0.1) is 0 Å². The molecular weight excluding hydrogens is 250 g/mol. The Morgan fingerprint density at radius 3 is 2.21 bits per heavy atom. The monoisotopic (exact) mass is 273 g/mol. The van der Waals surface area contributed by atoms with Gasteiger partial charge >= 0.3 is 5.97 Å². The number of ether oxygens (including phenoxy) is 1. The van der Waals surface area contributed by atoms with Crippen molar-refractivity contribution in [1.82, 2.24) is 5.32 Å². The molecule has 1 amide bonds. The van der Waals surface area contributed by atoms with E-state index < -0.39 is 23.1 Å². The van der Waals surface area contributed by atoms with Crippen molar-refractivity contribution in [1.29, 1.82) is 0 Å². The van der Waals surface area contributed by atoms with Gasteiger partial charge in [0.15, 0.2) is 5.60 Å². The van der Waals surface area contributed by atoms with Gasteiger partial charge in [-0.2, -0.15) is 0 Å². The van der Waals surface area contributed by atoms with Gasteiger partial charge in [-0.05, 0) is 46.3 Å². The van der Waals surface area contributed by atoms with Gasteiger partial charge in [-0.15, -0.1) is 0 Å². The summed E-state index contributed by atoms with van der Waals surface area (Å²) < 4.78 is 5.01. The molecule has 0 radical (unpaired) electrons. The highest BCUT2D eigenvalue weighted by Gasteiger charge is 2.28. The Kier molecular flexibility index (Phi) is 6.18. The molecule has 1 unspecified atom stereocenters. The Morgan fingerprint density at radius 2 is 1.79 bits per heavy atom. The number of aliphatic hydroxyl groups excluding tert-OH is 1. The highest BCUT2D eigenvalue weighted by atomic mass is 16.6. The number of carbonyl (C=O) groups is 2. The highest BCUT2D eigenvalue weighted by molar-refractivity contribution is 5.89. The van der Waals surface area contributed by atoms with Crippen molar-refractivity contribution in [3.63, 3.8) is 0 Å². The molecule has 0 fully saturated rings. The smallest absolute Gasteiger partial charge is 0.325 e. The van der Waals surface area contributed by atoms with E-state index in [2.05, 4.69) is 5.32 Å². The van der Waals surface area contributed by atoms with Crippen LogP contribution in [0.3, 0.4) is 0 Å². The fourth-order valence-electron chi connectivity index (χ4n) is 1.30. The van der Waals surface area contributed by atoms with Crippen molar-refractivity contribution in [2.75, 3.05) is 13.2 Å². The molecule has 0 aromatic rings. The summed E-state index contributed by atoms with van der Waals surface area (Å²) in [5, 5.41) is 21.0. The number of esters is 1. The molecule has 0 rings (SSSR count). The molecule has 0 aliphatic rings. The summed E-state index contributed by atoms with van der Waals surface area (Å²) in [6, 6.07) is 0. The average molecular weight is 273 g/mol. The Bertz CT molecular complexity index is 366. The lowest BCUT2D eigenvalue weighted by atomic mass is 10.0. The van der Waals surface area contributed by atoms with Crippen molar-refractivity contribution in [3.05, 3.63) is 11.6 Å². The van der Waals surface area contributed by atoms with Gasteiger partial charge in [0.1, 0.15) is 12.1 Å². The second-order valence-corrected chi connectivity index (χ2v) is 5.57. The molecule has 0 saturated carbocycles. The van der Waals surface area contributed by atoms with Crippen molar-refractivity contribution in [3.8, 4) is 0 Å². The summed E-state index contributed by atoms with van der Waals surface area (Å²) in [7, 11) is 0. The van der Waals surface area contributed by atoms with Crippen LogP contribution < -0.4 is 5.32 Å². The normalized spacial score (nSPS) is 15.6. The van der Waals surface area contributed by atoms with Crippen LogP contribution in [-0.2, 0) is 14.3 Å². The number of hydrogen-bond acceptors (Lipinski definition) is 5. The standard InChI is InChI=1S/C13H23NO5/c1-9(8-15)6-13(5,18)11(17)14-7-10(16)19-12(2,3)4/h6,15,18H,7-8H2,1-5H3,(H,14,17)/b9-6+. The van der Waals surface area contributed by atoms with E-state index in [0.717, 1.165) is 0 Å². The number of nitrogens with one attached hydrogen (secondary N) is 1. The van der Waals surface area contributed by atoms with Crippen molar-refractivity contribution >= 4 is 11.9 Å². The summed E-state index contributed by atoms with van der Waals surface area (Å²) >= 11 is 0. The number of amides is 1. The Morgan fingerprint density at radius 1 is 1.26 bits per heavy atom. The van der Waals surface area contributed by atoms with Crippen LogP contribution in [0.5, 0.6) is 0 Å². The van der Waals surface area contributed by atoms with Crippen LogP contribution in [0.15, 0.2) is 11.6 Å². The minimum absolute atomic E-state index is 0.254. The van der Waals surface area contributed by atoms with E-state index in [1.165, 1.54) is 13.0 Å². The average Bonchev–Trinajstić information content (AvgIpc) is 2.22. The Hall–Kier alpha value is -1.40. The molecule has 0 aromatic heterocycles. The van der Waals surface area contributed by atoms with Crippen molar-refractivity contribution in [2.24, 2.45) is 0 Å². The summed E-state index contributed by atoms with van der Waals surface area (Å²) in [4.78, 5) is 23.1. The molecule has 1 atom stereocenters. The zero-order valence-electron chi connectivity index (χ0n) is 12.1. The van der Waals surface area contributed by atoms with E-state index in [1.807, 2.05) is 0 Å². The van der Waals surface area contributed by atoms with Gasteiger partial charge in [-0.25, -0.2) is 0 Å². The van der Waals surface area contributed by atoms with Crippen molar-refractivity contribution < 1.29 is 24.5 Å². The van der Waals surface area contributed by atoms with E-state index in [4.69, 9.17) is 9.84 Å². The minimum Gasteiger partial charge on any atom is -0.459 e. The summed E-state index contributed by atoms with van der Waals surface area (Å²) in [5.41, 5.74) is -1.95. The van der Waals surface area contributed by atoms with Crippen LogP contribution in [-0.4, -0.2) is 46.4 Å². The van der Waals surface area contributed by atoms with Crippen LogP contribution in [0.2, 0.25) is 0 Å². The van der Waals surface area contributed by atoms with Crippen LogP contribution in [0.4, 0.5) is 0 Å². The second kappa shape index (κ2) is 6.68. The fourth-order valence-corrected chi connectivity index (χ4v) is 1.30. The van der Waals surface area contributed by atoms with Crippen LogP contribution in [0.1, 0.15) is 34.6 Å². The number of carbonyl (C=O) groups excluding carboxylic acids is 2. The lowest BCUT2D eigenvalue weighted by Gasteiger charge is -2.22. The molecule has 6 heteroatoms. The van der Waals surface area contributed by atoms with E-state index in [-0.39, 0.29) is 13.2 Å². The molecule has 0 bridgehead atoms. The van der Waals surface area contributed by atoms with Gasteiger partial charge in [0.05, 0.1) is 6.61 Å². The van der Waals surface area contributed by atoms with Gasteiger partial charge in [0.25, 0.3) is 5.91 Å². The number of hydrogen-bond donors (Lipinski definition) is 3. The van der Waals surface area contributed by atoms with E-state index in [1.54, 1.807) is 27.7 Å². The zero-order valence-corrected chi connectivity index (χ0v) is 12.1. The van der Waals surface area contributed by atoms with Crippen LogP contribution >= 0.6 is 0 Å². The quantitative estimate of drug-likeness (QED) is 0.489. The maximum Gasteiger partial charge on any atom is 0.325 e. The summed E-state index contributed by atoms with van der Waals surface area (Å²) in [6.45, 7) is 7.43. The summed E-state index contributed by atoms with van der Waals surface area (Å²) in [5.74, 6) is -1.31. The van der Waals surface area contributed by atoms with Gasteiger partial charge < -0.3 is 20.3 Å². The minimum atomic E-state index is -1.78. The Balaban J connectivity index is 4.43. The van der Waals surface area contributed by atoms with Gasteiger partial charge in [0.2, 0.25) is 0 Å². The Labute approximate surface area is 113 Å². The molecule has 0 heterocycles. The predicted molar refractivity (Wildman–Crippen MR) is 70.3 cm³/mol. The SMILES string of the molecule is C/C(=C\C(C)(O)C(=O)NCC(=O)OC(C)(C)C)CO. The number of aliphatic hydroxyl groups is 2. The molecule has 0 aromatic carbocycles. The van der Waals surface area contributed by atoms with Gasteiger partial charge in [0, 0.05) is 0 Å². The lowest BCUT2D eigenvalue weighted by Crippen LogP contribution is -2.46. The zero-order chi connectivity index (χ0) is 15.3.